The lowest BCUT2D eigenvalue weighted by molar-refractivity contribution is 0.0783. The molecule has 25 heavy (non-hydrogen) atoms. The minimum absolute atomic E-state index is 0. The number of anilines is 1. The monoisotopic (exact) mass is 465 g/mol. The molecule has 7 heteroatoms. The van der Waals surface area contributed by atoms with E-state index < -0.39 is 0 Å². The van der Waals surface area contributed by atoms with Gasteiger partial charge in [-0.1, -0.05) is 0 Å². The Kier molecular flexibility index (Phi) is 13.3. The Hall–Kier alpha value is -1.22. The van der Waals surface area contributed by atoms with Gasteiger partial charge in [0, 0.05) is 31.5 Å². The van der Waals surface area contributed by atoms with E-state index in [2.05, 4.69) is 15.6 Å². The second kappa shape index (κ2) is 14.0. The molecule has 1 rings (SSSR count). The van der Waals surface area contributed by atoms with Crippen LogP contribution < -0.4 is 20.1 Å². The fourth-order valence-electron chi connectivity index (χ4n) is 2.04. The molecule has 0 bridgehead atoms. The third-order valence-corrected chi connectivity index (χ3v) is 3.09. The summed E-state index contributed by atoms with van der Waals surface area (Å²) < 4.78 is 16.4. The van der Waals surface area contributed by atoms with Gasteiger partial charge in [0.25, 0.3) is 0 Å². The van der Waals surface area contributed by atoms with Crippen LogP contribution >= 0.6 is 24.0 Å². The predicted octanol–water partition coefficient (Wildman–Crippen LogP) is 3.90. The molecule has 0 saturated heterocycles. The van der Waals surface area contributed by atoms with Crippen molar-refractivity contribution < 1.29 is 14.2 Å². The molecule has 0 saturated carbocycles. The summed E-state index contributed by atoms with van der Waals surface area (Å²) in [6.45, 7) is 10.9. The summed E-state index contributed by atoms with van der Waals surface area (Å²) in [6, 6.07) is 5.74. The van der Waals surface area contributed by atoms with Crippen LogP contribution in [0.25, 0.3) is 0 Å². The molecule has 0 aliphatic rings. The number of hydrogen-bond acceptors (Lipinski definition) is 4. The van der Waals surface area contributed by atoms with E-state index in [-0.39, 0.29) is 30.1 Å². The van der Waals surface area contributed by atoms with E-state index in [0.29, 0.717) is 18.9 Å². The lowest BCUT2D eigenvalue weighted by atomic mass is 10.2. The lowest BCUT2D eigenvalue weighted by Crippen LogP contribution is -2.30. The smallest absolute Gasteiger partial charge is 0.195 e. The molecule has 0 aromatic heterocycles. The molecule has 0 fully saturated rings. The van der Waals surface area contributed by atoms with Crippen LogP contribution in [0.2, 0.25) is 0 Å². The molecule has 0 amide bonds. The van der Waals surface area contributed by atoms with E-state index in [1.54, 1.807) is 7.11 Å². The summed E-state index contributed by atoms with van der Waals surface area (Å²) in [5.74, 6) is 2.18. The number of nitrogens with one attached hydrogen (secondary N) is 2. The average molecular weight is 465 g/mol. The molecule has 0 spiro atoms. The third kappa shape index (κ3) is 9.74. The van der Waals surface area contributed by atoms with Gasteiger partial charge >= 0.3 is 0 Å². The van der Waals surface area contributed by atoms with Crippen LogP contribution in [0.15, 0.2) is 23.2 Å². The van der Waals surface area contributed by atoms with Gasteiger partial charge in [0.15, 0.2) is 17.5 Å². The molecule has 0 atom stereocenters. The molecule has 0 unspecified atom stereocenters. The second-order valence-electron chi connectivity index (χ2n) is 5.46. The van der Waals surface area contributed by atoms with Crippen molar-refractivity contribution in [2.24, 2.45) is 4.99 Å². The molecule has 0 aliphatic carbocycles. The highest BCUT2D eigenvalue weighted by Crippen LogP contribution is 2.30. The van der Waals surface area contributed by atoms with Crippen LogP contribution in [-0.2, 0) is 4.74 Å². The quantitative estimate of drug-likeness (QED) is 0.238. The van der Waals surface area contributed by atoms with Crippen LogP contribution in [0, 0.1) is 0 Å². The number of methoxy groups -OCH3 is 1. The van der Waals surface area contributed by atoms with Crippen molar-refractivity contribution in [3.8, 4) is 11.5 Å². The SMILES string of the molecule is CCNC(=NCCCOC(C)C)Nc1ccc(OCC)c(OC)c1.I. The van der Waals surface area contributed by atoms with Gasteiger partial charge in [0.2, 0.25) is 0 Å². The Morgan fingerprint density at radius 3 is 2.56 bits per heavy atom. The molecular formula is C18H32IN3O3. The van der Waals surface area contributed by atoms with E-state index in [0.717, 1.165) is 37.0 Å². The zero-order valence-electron chi connectivity index (χ0n) is 15.9. The van der Waals surface area contributed by atoms with Gasteiger partial charge in [-0.2, -0.15) is 0 Å². The first-order valence-electron chi connectivity index (χ1n) is 8.58. The molecule has 2 N–H and O–H groups in total. The van der Waals surface area contributed by atoms with Crippen LogP contribution in [0.1, 0.15) is 34.1 Å². The highest BCUT2D eigenvalue weighted by Gasteiger charge is 2.06. The Bertz CT molecular complexity index is 510. The summed E-state index contributed by atoms with van der Waals surface area (Å²) in [4.78, 5) is 4.56. The van der Waals surface area contributed by atoms with Crippen LogP contribution in [0.4, 0.5) is 5.69 Å². The van der Waals surface area contributed by atoms with Crippen molar-refractivity contribution in [2.45, 2.75) is 40.2 Å². The molecule has 0 radical (unpaired) electrons. The van der Waals surface area contributed by atoms with E-state index in [4.69, 9.17) is 14.2 Å². The summed E-state index contributed by atoms with van der Waals surface area (Å²) in [5, 5.41) is 6.52. The standard InChI is InChI=1S/C18H31N3O3.HI/c1-6-19-18(20-11-8-12-24-14(3)4)21-15-9-10-16(23-7-2)17(13-15)22-5;/h9-10,13-14H,6-8,11-12H2,1-5H3,(H2,19,20,21);1H. The first-order valence-corrected chi connectivity index (χ1v) is 8.58. The van der Waals surface area contributed by atoms with Crippen LogP contribution in [0.5, 0.6) is 11.5 Å². The Morgan fingerprint density at radius 1 is 1.20 bits per heavy atom. The number of benzene rings is 1. The maximum absolute atomic E-state index is 5.53. The Balaban J connectivity index is 0.00000576. The van der Waals surface area contributed by atoms with Gasteiger partial charge in [0.1, 0.15) is 0 Å². The minimum Gasteiger partial charge on any atom is -0.493 e. The van der Waals surface area contributed by atoms with E-state index in [1.807, 2.05) is 45.9 Å². The molecule has 1 aromatic rings. The van der Waals surface area contributed by atoms with Gasteiger partial charge in [-0.25, -0.2) is 0 Å². The number of halogens is 1. The predicted molar refractivity (Wildman–Crippen MR) is 115 cm³/mol. The first kappa shape index (κ1) is 23.8. The van der Waals surface area contributed by atoms with Crippen molar-refractivity contribution in [3.63, 3.8) is 0 Å². The number of nitrogens with zero attached hydrogens (tertiary/aromatic N) is 1. The Labute approximate surface area is 168 Å². The van der Waals surface area contributed by atoms with Gasteiger partial charge in [-0.15, -0.1) is 24.0 Å². The molecule has 1 aromatic carbocycles. The highest BCUT2D eigenvalue weighted by atomic mass is 127. The topological polar surface area (TPSA) is 64.1 Å². The number of guanidine groups is 1. The average Bonchev–Trinajstić information content (AvgIpc) is 2.56. The number of hydrogen-bond donors (Lipinski definition) is 2. The number of aliphatic imine (C=N–C) groups is 1. The minimum atomic E-state index is 0. The summed E-state index contributed by atoms with van der Waals surface area (Å²) >= 11 is 0. The first-order chi connectivity index (χ1) is 11.6. The van der Waals surface area contributed by atoms with Gasteiger partial charge in [0.05, 0.1) is 19.8 Å². The van der Waals surface area contributed by atoms with Crippen LogP contribution in [-0.4, -0.2) is 45.5 Å². The Morgan fingerprint density at radius 2 is 1.96 bits per heavy atom. The second-order valence-corrected chi connectivity index (χ2v) is 5.46. The highest BCUT2D eigenvalue weighted by molar-refractivity contribution is 14.0. The maximum Gasteiger partial charge on any atom is 0.195 e. The summed E-state index contributed by atoms with van der Waals surface area (Å²) in [5.41, 5.74) is 0.897. The van der Waals surface area contributed by atoms with Gasteiger partial charge in [-0.3, -0.25) is 4.99 Å². The molecule has 0 heterocycles. The molecular weight excluding hydrogens is 433 g/mol. The van der Waals surface area contributed by atoms with E-state index in [1.165, 1.54) is 0 Å². The maximum atomic E-state index is 5.53. The van der Waals surface area contributed by atoms with Crippen molar-refractivity contribution in [1.82, 2.24) is 5.32 Å². The molecule has 144 valence electrons. The normalized spacial score (nSPS) is 11.0. The summed E-state index contributed by atoms with van der Waals surface area (Å²) in [7, 11) is 1.63. The fraction of sp³-hybridized carbons (Fsp3) is 0.611. The molecule has 0 aliphatic heterocycles. The van der Waals surface area contributed by atoms with Crippen molar-refractivity contribution in [1.29, 1.82) is 0 Å². The molecule has 6 nitrogen and oxygen atoms in total. The fourth-order valence-corrected chi connectivity index (χ4v) is 2.04. The van der Waals surface area contributed by atoms with E-state index in [9.17, 15) is 0 Å². The summed E-state index contributed by atoms with van der Waals surface area (Å²) in [6.07, 6.45) is 1.15. The number of rotatable bonds is 10. The van der Waals surface area contributed by atoms with Gasteiger partial charge in [-0.05, 0) is 46.2 Å². The third-order valence-electron chi connectivity index (χ3n) is 3.09. The van der Waals surface area contributed by atoms with Crippen LogP contribution in [0.3, 0.4) is 0 Å². The van der Waals surface area contributed by atoms with Gasteiger partial charge < -0.3 is 24.8 Å². The zero-order valence-corrected chi connectivity index (χ0v) is 18.3. The van der Waals surface area contributed by atoms with Crippen molar-refractivity contribution in [2.75, 3.05) is 38.7 Å². The largest absolute Gasteiger partial charge is 0.493 e. The van der Waals surface area contributed by atoms with E-state index >= 15 is 0 Å². The number of ether oxygens (including phenoxy) is 3. The zero-order chi connectivity index (χ0) is 17.8. The van der Waals surface area contributed by atoms with Crippen molar-refractivity contribution >= 4 is 35.6 Å². The van der Waals surface area contributed by atoms with Crippen molar-refractivity contribution in [3.05, 3.63) is 18.2 Å². The lowest BCUT2D eigenvalue weighted by Gasteiger charge is -2.14.